The molecular weight excluding hydrogens is 522 g/mol. The van der Waals surface area contributed by atoms with Crippen LogP contribution < -0.4 is 21.7 Å². The van der Waals surface area contributed by atoms with E-state index in [9.17, 15) is 29.4 Å². The zero-order chi connectivity index (χ0) is 28.4. The van der Waals surface area contributed by atoms with Crippen molar-refractivity contribution < 1.29 is 29.4 Å². The fourth-order valence-electron chi connectivity index (χ4n) is 4.02. The molecule has 12 heteroatoms. The lowest BCUT2D eigenvalue weighted by Crippen LogP contribution is -2.54. The van der Waals surface area contributed by atoms with E-state index in [-0.39, 0.29) is 18.6 Å². The summed E-state index contributed by atoms with van der Waals surface area (Å²) in [5.74, 6) is -2.38. The molecule has 208 valence electrons. The SMILES string of the molecule is CSCCC(NC(=O)C(N)Cc1c[nH]c2ccccc12)C(=O)NCC(=O)NC(Cc1ccc(O)cc1)C(=O)O. The number of carbonyl (C=O) groups is 4. The number of nitrogens with one attached hydrogen (secondary N) is 4. The van der Waals surface area contributed by atoms with Crippen molar-refractivity contribution in [1.82, 2.24) is 20.9 Å². The Hall–Kier alpha value is -4.03. The van der Waals surface area contributed by atoms with Gasteiger partial charge in [-0.15, -0.1) is 0 Å². The number of benzene rings is 2. The monoisotopic (exact) mass is 555 g/mol. The van der Waals surface area contributed by atoms with Crippen LogP contribution in [0.2, 0.25) is 0 Å². The van der Waals surface area contributed by atoms with Crippen LogP contribution >= 0.6 is 11.8 Å². The van der Waals surface area contributed by atoms with Gasteiger partial charge < -0.3 is 36.9 Å². The predicted octanol–water partition coefficient (Wildman–Crippen LogP) is 0.910. The van der Waals surface area contributed by atoms with Gasteiger partial charge in [-0.05, 0) is 54.2 Å². The van der Waals surface area contributed by atoms with Crippen molar-refractivity contribution in [3.8, 4) is 5.75 Å². The molecule has 3 rings (SSSR count). The van der Waals surface area contributed by atoms with Crippen LogP contribution in [-0.4, -0.2) is 75.6 Å². The van der Waals surface area contributed by atoms with Gasteiger partial charge >= 0.3 is 5.97 Å². The van der Waals surface area contributed by atoms with Crippen LogP contribution in [0.5, 0.6) is 5.75 Å². The number of H-pyrrole nitrogens is 1. The van der Waals surface area contributed by atoms with Crippen molar-refractivity contribution in [3.05, 3.63) is 65.9 Å². The van der Waals surface area contributed by atoms with Gasteiger partial charge in [-0.1, -0.05) is 30.3 Å². The maximum atomic E-state index is 12.8. The lowest BCUT2D eigenvalue weighted by Gasteiger charge is -2.21. The van der Waals surface area contributed by atoms with E-state index in [4.69, 9.17) is 5.73 Å². The molecule has 3 amide bonds. The summed E-state index contributed by atoms with van der Waals surface area (Å²) in [6, 6.07) is 10.6. The Kier molecular flexibility index (Phi) is 10.8. The van der Waals surface area contributed by atoms with E-state index < -0.39 is 48.4 Å². The van der Waals surface area contributed by atoms with Gasteiger partial charge in [0.25, 0.3) is 0 Å². The van der Waals surface area contributed by atoms with Gasteiger partial charge in [-0.2, -0.15) is 11.8 Å². The van der Waals surface area contributed by atoms with Crippen molar-refractivity contribution in [2.45, 2.75) is 37.4 Å². The lowest BCUT2D eigenvalue weighted by atomic mass is 10.0. The van der Waals surface area contributed by atoms with Crippen LogP contribution in [0.4, 0.5) is 0 Å². The number of hydrogen-bond donors (Lipinski definition) is 7. The summed E-state index contributed by atoms with van der Waals surface area (Å²) in [6.45, 7) is -0.467. The number of aliphatic carboxylic acids is 1. The number of thioether (sulfide) groups is 1. The van der Waals surface area contributed by atoms with E-state index in [1.807, 2.05) is 30.5 Å². The zero-order valence-corrected chi connectivity index (χ0v) is 22.3. The summed E-state index contributed by atoms with van der Waals surface area (Å²) in [5.41, 5.74) is 8.58. The van der Waals surface area contributed by atoms with Gasteiger partial charge in [0, 0.05) is 23.5 Å². The van der Waals surface area contributed by atoms with Gasteiger partial charge in [-0.25, -0.2) is 4.79 Å². The highest BCUT2D eigenvalue weighted by Gasteiger charge is 2.26. The molecule has 0 bridgehead atoms. The third-order valence-electron chi connectivity index (χ3n) is 6.13. The van der Waals surface area contributed by atoms with Crippen molar-refractivity contribution in [1.29, 1.82) is 0 Å². The largest absolute Gasteiger partial charge is 0.508 e. The molecule has 11 nitrogen and oxygen atoms in total. The fraction of sp³-hybridized carbons (Fsp3) is 0.333. The number of nitrogens with two attached hydrogens (primary N) is 1. The molecule has 8 N–H and O–H groups in total. The Morgan fingerprint density at radius 3 is 2.38 bits per heavy atom. The third kappa shape index (κ3) is 8.76. The third-order valence-corrected chi connectivity index (χ3v) is 6.77. The Bertz CT molecular complexity index is 1300. The number of rotatable bonds is 14. The maximum absolute atomic E-state index is 12.8. The lowest BCUT2D eigenvalue weighted by molar-refractivity contribution is -0.141. The molecule has 0 spiro atoms. The van der Waals surface area contributed by atoms with Crippen molar-refractivity contribution >= 4 is 46.4 Å². The summed E-state index contributed by atoms with van der Waals surface area (Å²) >= 11 is 1.50. The number of aromatic hydroxyl groups is 1. The fourth-order valence-corrected chi connectivity index (χ4v) is 4.49. The standard InChI is InChI=1S/C27H33N5O6S/c1-39-11-10-22(32-25(35)20(28)13-17-14-29-21-5-3-2-4-19(17)21)26(36)30-15-24(34)31-23(27(37)38)12-16-6-8-18(33)9-7-16/h2-9,14,20,22-23,29,33H,10-13,15,28H2,1H3,(H,30,36)(H,31,34)(H,32,35)(H,37,38). The number of carbonyl (C=O) groups excluding carboxylic acids is 3. The van der Waals surface area contributed by atoms with E-state index in [1.54, 1.807) is 18.3 Å². The quantitative estimate of drug-likeness (QED) is 0.153. The number of carboxylic acids is 1. The van der Waals surface area contributed by atoms with Crippen molar-refractivity contribution in [3.63, 3.8) is 0 Å². The minimum Gasteiger partial charge on any atom is -0.508 e. The van der Waals surface area contributed by atoms with E-state index >= 15 is 0 Å². The molecule has 0 aliphatic heterocycles. The molecule has 0 saturated heterocycles. The summed E-state index contributed by atoms with van der Waals surface area (Å²) in [7, 11) is 0. The Labute approximate surface area is 229 Å². The van der Waals surface area contributed by atoms with Gasteiger partial charge in [0.05, 0.1) is 12.6 Å². The number of amides is 3. The predicted molar refractivity (Wildman–Crippen MR) is 149 cm³/mol. The molecule has 1 heterocycles. The van der Waals surface area contributed by atoms with Gasteiger partial charge in [0.15, 0.2) is 0 Å². The average molecular weight is 556 g/mol. The number of carboxylic acid groups (broad SMARTS) is 1. The number of aromatic nitrogens is 1. The highest BCUT2D eigenvalue weighted by Crippen LogP contribution is 2.19. The number of para-hydroxylation sites is 1. The first-order chi connectivity index (χ1) is 18.7. The van der Waals surface area contributed by atoms with Crippen LogP contribution in [0.3, 0.4) is 0 Å². The second-order valence-corrected chi connectivity index (χ2v) is 10.0. The zero-order valence-electron chi connectivity index (χ0n) is 21.5. The maximum Gasteiger partial charge on any atom is 0.326 e. The van der Waals surface area contributed by atoms with Crippen molar-refractivity contribution in [2.75, 3.05) is 18.6 Å². The van der Waals surface area contributed by atoms with Crippen LogP contribution in [0.15, 0.2) is 54.7 Å². The van der Waals surface area contributed by atoms with E-state index in [2.05, 4.69) is 20.9 Å². The molecular formula is C27H33N5O6S. The van der Waals surface area contributed by atoms with Crippen LogP contribution in [0, 0.1) is 0 Å². The van der Waals surface area contributed by atoms with Crippen LogP contribution in [-0.2, 0) is 32.0 Å². The topological polar surface area (TPSA) is 187 Å². The second kappa shape index (κ2) is 14.2. The van der Waals surface area contributed by atoms with E-state index in [0.29, 0.717) is 17.7 Å². The molecule has 3 atom stereocenters. The van der Waals surface area contributed by atoms with Gasteiger partial charge in [0.1, 0.15) is 17.8 Å². The molecule has 39 heavy (non-hydrogen) atoms. The van der Waals surface area contributed by atoms with E-state index in [0.717, 1.165) is 16.5 Å². The normalized spacial score (nSPS) is 13.3. The molecule has 3 unspecified atom stereocenters. The number of phenols is 1. The summed E-state index contributed by atoms with van der Waals surface area (Å²) < 4.78 is 0. The first-order valence-corrected chi connectivity index (χ1v) is 13.7. The number of hydrogen-bond acceptors (Lipinski definition) is 7. The summed E-state index contributed by atoms with van der Waals surface area (Å²) in [6.07, 6.45) is 4.26. The molecule has 0 saturated carbocycles. The van der Waals surface area contributed by atoms with Crippen molar-refractivity contribution in [2.24, 2.45) is 5.73 Å². The minimum atomic E-state index is -1.24. The molecule has 1 aromatic heterocycles. The second-order valence-electron chi connectivity index (χ2n) is 9.06. The molecule has 3 aromatic rings. The molecule has 2 aromatic carbocycles. The summed E-state index contributed by atoms with van der Waals surface area (Å²) in [5, 5.41) is 27.4. The van der Waals surface area contributed by atoms with Gasteiger partial charge in [0.2, 0.25) is 17.7 Å². The smallest absolute Gasteiger partial charge is 0.326 e. The van der Waals surface area contributed by atoms with Crippen LogP contribution in [0.1, 0.15) is 17.5 Å². The average Bonchev–Trinajstić information content (AvgIpc) is 3.32. The summed E-state index contributed by atoms with van der Waals surface area (Å²) in [4.78, 5) is 52.9. The minimum absolute atomic E-state index is 0.00395. The Morgan fingerprint density at radius 2 is 1.69 bits per heavy atom. The molecule has 0 aliphatic rings. The van der Waals surface area contributed by atoms with E-state index in [1.165, 1.54) is 23.9 Å². The highest BCUT2D eigenvalue weighted by atomic mass is 32.2. The first kappa shape index (κ1) is 29.5. The Morgan fingerprint density at radius 1 is 0.974 bits per heavy atom. The number of fused-ring (bicyclic) bond motifs is 1. The Balaban J connectivity index is 1.54. The molecule has 0 aliphatic carbocycles. The molecule has 0 fully saturated rings. The number of phenolic OH excluding ortho intramolecular Hbond substituents is 1. The molecule has 0 radical (unpaired) electrons. The van der Waals surface area contributed by atoms with Crippen LogP contribution in [0.25, 0.3) is 10.9 Å². The number of aromatic amines is 1. The highest BCUT2D eigenvalue weighted by molar-refractivity contribution is 7.98. The first-order valence-electron chi connectivity index (χ1n) is 12.4. The van der Waals surface area contributed by atoms with Gasteiger partial charge in [-0.3, -0.25) is 14.4 Å².